The highest BCUT2D eigenvalue weighted by Gasteiger charge is 2.35. The number of hydrogen-bond donors (Lipinski definition) is 0. The van der Waals surface area contributed by atoms with Crippen molar-refractivity contribution in [3.63, 3.8) is 0 Å². The minimum absolute atomic E-state index is 0.396. The van der Waals surface area contributed by atoms with Gasteiger partial charge in [-0.1, -0.05) is 60.7 Å². The molecule has 0 fully saturated rings. The third-order valence-electron chi connectivity index (χ3n) is 6.87. The van der Waals surface area contributed by atoms with Gasteiger partial charge in [-0.2, -0.15) is 18.4 Å². The molecule has 0 saturated heterocycles. The zero-order chi connectivity index (χ0) is 23.9. The average Bonchev–Trinajstić information content (AvgIpc) is 3.39. The van der Waals surface area contributed by atoms with Gasteiger partial charge in [-0.25, -0.2) is 0 Å². The van der Waals surface area contributed by atoms with Crippen molar-refractivity contribution in [1.82, 2.24) is 0 Å². The molecule has 0 atom stereocenters. The summed E-state index contributed by atoms with van der Waals surface area (Å²) in [6.07, 6.45) is -4.65. The van der Waals surface area contributed by atoms with Crippen molar-refractivity contribution >= 4 is 32.7 Å². The molecule has 35 heavy (non-hydrogen) atoms. The number of benzene rings is 5. The van der Waals surface area contributed by atoms with Gasteiger partial charge in [0.15, 0.2) is 0 Å². The Hall–Kier alpha value is -4.56. The highest BCUT2D eigenvalue weighted by atomic mass is 19.4. The molecule has 0 spiro atoms. The van der Waals surface area contributed by atoms with E-state index >= 15 is 0 Å². The van der Waals surface area contributed by atoms with Crippen molar-refractivity contribution in [2.24, 2.45) is 0 Å². The summed E-state index contributed by atoms with van der Waals surface area (Å²) in [6, 6.07) is 27.3. The van der Waals surface area contributed by atoms with E-state index in [0.717, 1.165) is 49.9 Å². The lowest BCUT2D eigenvalue weighted by Crippen LogP contribution is -2.08. The molecular formula is C30H14F3NO. The van der Waals surface area contributed by atoms with E-state index in [2.05, 4.69) is 0 Å². The molecule has 2 nitrogen and oxygen atoms in total. The molecule has 0 N–H and O–H groups in total. The number of furan rings is 1. The highest BCUT2D eigenvalue weighted by molar-refractivity contribution is 6.25. The maximum atomic E-state index is 13.9. The predicted octanol–water partition coefficient (Wildman–Crippen LogP) is 8.94. The molecule has 0 unspecified atom stereocenters. The molecule has 0 saturated carbocycles. The second-order valence-corrected chi connectivity index (χ2v) is 8.72. The predicted molar refractivity (Wildman–Crippen MR) is 131 cm³/mol. The number of nitriles is 1. The zero-order valence-electron chi connectivity index (χ0n) is 18.1. The fourth-order valence-corrected chi connectivity index (χ4v) is 5.47. The smallest absolute Gasteiger partial charge is 0.417 e. The molecule has 0 amide bonds. The van der Waals surface area contributed by atoms with Crippen molar-refractivity contribution < 1.29 is 17.6 Å². The van der Waals surface area contributed by atoms with Crippen molar-refractivity contribution in [2.75, 3.05) is 0 Å². The fourth-order valence-electron chi connectivity index (χ4n) is 5.47. The number of fused-ring (bicyclic) bond motifs is 6. The summed E-state index contributed by atoms with van der Waals surface area (Å²) < 4.78 is 48.0. The second kappa shape index (κ2) is 6.74. The summed E-state index contributed by atoms with van der Waals surface area (Å²) in [5, 5.41) is 13.1. The Morgan fingerprint density at radius 1 is 0.686 bits per heavy atom. The van der Waals surface area contributed by atoms with Gasteiger partial charge in [0.05, 0.1) is 17.2 Å². The van der Waals surface area contributed by atoms with Crippen LogP contribution >= 0.6 is 0 Å². The van der Waals surface area contributed by atoms with Gasteiger partial charge >= 0.3 is 6.18 Å². The standard InChI is InChI=1S/C30H14F3NO/c31-30(32,33)23-13-17(11-12-18(23)15-34)27-28-21-9-4-6-16-5-3-8-19(26(16)21)22(28)14-25-29(27)20-7-1-2-10-24(20)35-25/h1-14H. The molecule has 5 heteroatoms. The van der Waals surface area contributed by atoms with Crippen LogP contribution in [0.4, 0.5) is 13.2 Å². The first-order valence-corrected chi connectivity index (χ1v) is 11.1. The van der Waals surface area contributed by atoms with Crippen LogP contribution in [0.3, 0.4) is 0 Å². The Balaban J connectivity index is 1.70. The zero-order valence-corrected chi connectivity index (χ0v) is 18.1. The number of rotatable bonds is 1. The SMILES string of the molecule is N#Cc1ccc(-c2c3c(cc4oc5ccccc5c24)-c2cccc4cccc-3c24)cc1C(F)(F)F. The largest absolute Gasteiger partial charge is 0.456 e. The maximum Gasteiger partial charge on any atom is 0.417 e. The Morgan fingerprint density at radius 3 is 2.23 bits per heavy atom. The molecule has 1 aliphatic carbocycles. The van der Waals surface area contributed by atoms with Crippen molar-refractivity contribution in [3.05, 3.63) is 96.1 Å². The van der Waals surface area contributed by atoms with Crippen LogP contribution in [-0.4, -0.2) is 0 Å². The topological polar surface area (TPSA) is 36.9 Å². The van der Waals surface area contributed by atoms with Crippen LogP contribution in [0.25, 0.3) is 66.1 Å². The molecule has 0 radical (unpaired) electrons. The number of para-hydroxylation sites is 1. The second-order valence-electron chi connectivity index (χ2n) is 8.72. The van der Waals surface area contributed by atoms with Gasteiger partial charge in [-0.05, 0) is 62.9 Å². The molecule has 1 aliphatic rings. The van der Waals surface area contributed by atoms with Gasteiger partial charge in [-0.15, -0.1) is 0 Å². The molecule has 0 bridgehead atoms. The molecule has 7 rings (SSSR count). The molecule has 5 aromatic carbocycles. The maximum absolute atomic E-state index is 13.9. The van der Waals surface area contributed by atoms with Gasteiger partial charge in [-0.3, -0.25) is 0 Å². The quantitative estimate of drug-likeness (QED) is 0.245. The molecule has 6 aromatic rings. The first kappa shape index (κ1) is 19.9. The minimum Gasteiger partial charge on any atom is -0.456 e. The molecule has 1 heterocycles. The minimum atomic E-state index is -4.65. The monoisotopic (exact) mass is 461 g/mol. The molecular weight excluding hydrogens is 447 g/mol. The van der Waals surface area contributed by atoms with Crippen LogP contribution in [0.1, 0.15) is 11.1 Å². The van der Waals surface area contributed by atoms with Gasteiger partial charge in [0.2, 0.25) is 0 Å². The third kappa shape index (κ3) is 2.65. The average molecular weight is 461 g/mol. The molecule has 0 aliphatic heterocycles. The van der Waals surface area contributed by atoms with Gasteiger partial charge in [0, 0.05) is 16.3 Å². The van der Waals surface area contributed by atoms with E-state index in [4.69, 9.17) is 4.42 Å². The number of alkyl halides is 3. The van der Waals surface area contributed by atoms with Crippen LogP contribution in [0.5, 0.6) is 0 Å². The number of halogens is 3. The summed E-state index contributed by atoms with van der Waals surface area (Å²) in [4.78, 5) is 0. The first-order valence-electron chi connectivity index (χ1n) is 11.1. The lowest BCUT2D eigenvalue weighted by molar-refractivity contribution is -0.137. The Morgan fingerprint density at radius 2 is 1.46 bits per heavy atom. The van der Waals surface area contributed by atoms with E-state index in [1.54, 1.807) is 12.1 Å². The van der Waals surface area contributed by atoms with Gasteiger partial charge < -0.3 is 4.42 Å². The Labute approximate surface area is 197 Å². The Kier molecular flexibility index (Phi) is 3.83. The van der Waals surface area contributed by atoms with E-state index in [0.29, 0.717) is 22.3 Å². The summed E-state index contributed by atoms with van der Waals surface area (Å²) in [6.45, 7) is 0. The van der Waals surface area contributed by atoms with E-state index < -0.39 is 17.3 Å². The van der Waals surface area contributed by atoms with E-state index in [1.165, 1.54) is 6.07 Å². The van der Waals surface area contributed by atoms with Crippen LogP contribution < -0.4 is 0 Å². The molecule has 166 valence electrons. The van der Waals surface area contributed by atoms with Gasteiger partial charge in [0.1, 0.15) is 11.2 Å². The third-order valence-corrected chi connectivity index (χ3v) is 6.87. The van der Waals surface area contributed by atoms with Crippen molar-refractivity contribution in [3.8, 4) is 39.4 Å². The van der Waals surface area contributed by atoms with E-state index in [-0.39, 0.29) is 0 Å². The normalized spacial score (nSPS) is 12.4. The fraction of sp³-hybridized carbons (Fsp3) is 0.0333. The number of hydrogen-bond acceptors (Lipinski definition) is 2. The molecule has 1 aromatic heterocycles. The number of nitrogens with zero attached hydrogens (tertiary/aromatic N) is 1. The van der Waals surface area contributed by atoms with E-state index in [1.807, 2.05) is 66.7 Å². The summed E-state index contributed by atoms with van der Waals surface area (Å²) >= 11 is 0. The lowest BCUT2D eigenvalue weighted by Gasteiger charge is -2.15. The van der Waals surface area contributed by atoms with Crippen LogP contribution in [-0.2, 0) is 6.18 Å². The van der Waals surface area contributed by atoms with Crippen molar-refractivity contribution in [1.29, 1.82) is 5.26 Å². The van der Waals surface area contributed by atoms with Gasteiger partial charge in [0.25, 0.3) is 0 Å². The first-order chi connectivity index (χ1) is 17.0. The summed E-state index contributed by atoms with van der Waals surface area (Å²) in [5.74, 6) is 0. The van der Waals surface area contributed by atoms with Crippen LogP contribution in [0.15, 0.2) is 89.3 Å². The van der Waals surface area contributed by atoms with Crippen molar-refractivity contribution in [2.45, 2.75) is 6.18 Å². The lowest BCUT2D eigenvalue weighted by atomic mass is 9.88. The highest BCUT2D eigenvalue weighted by Crippen LogP contribution is 2.55. The summed E-state index contributed by atoms with van der Waals surface area (Å²) in [7, 11) is 0. The van der Waals surface area contributed by atoms with Crippen LogP contribution in [0.2, 0.25) is 0 Å². The Bertz CT molecular complexity index is 1900. The van der Waals surface area contributed by atoms with Crippen LogP contribution in [0, 0.1) is 11.3 Å². The summed E-state index contributed by atoms with van der Waals surface area (Å²) in [5.41, 5.74) is 4.85. The van der Waals surface area contributed by atoms with E-state index in [9.17, 15) is 18.4 Å².